The number of hydrogen-bond donors (Lipinski definition) is 2. The van der Waals surface area contributed by atoms with E-state index in [4.69, 9.17) is 9.63 Å². The summed E-state index contributed by atoms with van der Waals surface area (Å²) < 4.78 is 17.6. The number of carboxylic acid groups (broad SMARTS) is 1. The van der Waals surface area contributed by atoms with Crippen molar-refractivity contribution in [2.75, 3.05) is 0 Å². The highest BCUT2D eigenvalue weighted by atomic mass is 19.1. The van der Waals surface area contributed by atoms with Gasteiger partial charge in [0.2, 0.25) is 5.76 Å². The molecular formula is C15H17FN2O4. The van der Waals surface area contributed by atoms with E-state index in [0.717, 1.165) is 0 Å². The lowest BCUT2D eigenvalue weighted by Gasteiger charge is -2.32. The minimum absolute atomic E-state index is 0.0440. The number of amides is 1. The van der Waals surface area contributed by atoms with Gasteiger partial charge in [-0.25, -0.2) is 4.39 Å². The summed E-state index contributed by atoms with van der Waals surface area (Å²) in [5, 5.41) is 15.2. The maximum absolute atomic E-state index is 12.7. The molecular weight excluding hydrogens is 291 g/mol. The van der Waals surface area contributed by atoms with Crippen LogP contribution in [0.2, 0.25) is 0 Å². The van der Waals surface area contributed by atoms with Crippen molar-refractivity contribution < 1.29 is 23.6 Å². The lowest BCUT2D eigenvalue weighted by molar-refractivity contribution is -0.145. The van der Waals surface area contributed by atoms with Crippen LogP contribution in [0.5, 0.6) is 0 Å². The van der Waals surface area contributed by atoms with Gasteiger partial charge in [-0.3, -0.25) is 9.59 Å². The Balaban J connectivity index is 1.94. The van der Waals surface area contributed by atoms with Crippen LogP contribution < -0.4 is 5.32 Å². The first-order valence-electron chi connectivity index (χ1n) is 6.88. The molecule has 7 heteroatoms. The van der Waals surface area contributed by atoms with Gasteiger partial charge in [0.15, 0.2) is 0 Å². The highest BCUT2D eigenvalue weighted by Gasteiger charge is 2.35. The monoisotopic (exact) mass is 308 g/mol. The summed E-state index contributed by atoms with van der Waals surface area (Å²) in [5.74, 6) is -1.96. The molecule has 1 saturated carbocycles. The molecule has 0 aliphatic heterocycles. The van der Waals surface area contributed by atoms with E-state index >= 15 is 0 Å². The van der Waals surface area contributed by atoms with Crippen LogP contribution in [0.3, 0.4) is 0 Å². The van der Waals surface area contributed by atoms with E-state index in [-0.39, 0.29) is 17.6 Å². The van der Waals surface area contributed by atoms with Crippen LogP contribution in [0.1, 0.15) is 42.9 Å². The molecule has 1 aliphatic carbocycles. The Bertz CT molecular complexity index is 638. The number of aromatic nitrogens is 1. The molecule has 1 aromatic rings. The normalized spacial score (nSPS) is 22.1. The molecule has 6 nitrogen and oxygen atoms in total. The van der Waals surface area contributed by atoms with E-state index in [1.807, 2.05) is 0 Å². The van der Waals surface area contributed by atoms with Gasteiger partial charge in [-0.2, -0.15) is 0 Å². The lowest BCUT2D eigenvalue weighted by Crippen LogP contribution is -2.46. The molecule has 0 radical (unpaired) electrons. The van der Waals surface area contributed by atoms with E-state index < -0.39 is 17.8 Å². The molecule has 0 aromatic carbocycles. The van der Waals surface area contributed by atoms with Gasteiger partial charge in [-0.15, -0.1) is 0 Å². The van der Waals surface area contributed by atoms with Crippen molar-refractivity contribution in [3.63, 3.8) is 0 Å². The fourth-order valence-corrected chi connectivity index (χ4v) is 2.09. The molecule has 0 spiro atoms. The van der Waals surface area contributed by atoms with E-state index in [9.17, 15) is 14.0 Å². The summed E-state index contributed by atoms with van der Waals surface area (Å²) in [6.07, 6.45) is 3.67. The first kappa shape index (κ1) is 15.9. The predicted octanol–water partition coefficient (Wildman–Crippen LogP) is 2.54. The number of carbonyl (C=O) groups is 2. The number of rotatable bonds is 5. The number of halogens is 1. The number of carbonyl (C=O) groups excluding carboxylic acids is 1. The van der Waals surface area contributed by atoms with E-state index in [2.05, 4.69) is 10.5 Å². The van der Waals surface area contributed by atoms with Gasteiger partial charge < -0.3 is 14.9 Å². The third-order valence-electron chi connectivity index (χ3n) is 3.52. The zero-order valence-corrected chi connectivity index (χ0v) is 12.3. The molecule has 1 amide bonds. The van der Waals surface area contributed by atoms with Crippen molar-refractivity contribution in [3.8, 4) is 0 Å². The fourth-order valence-electron chi connectivity index (χ4n) is 2.09. The molecule has 1 aliphatic rings. The van der Waals surface area contributed by atoms with E-state index in [1.165, 1.54) is 25.1 Å². The molecule has 2 N–H and O–H groups in total. The zero-order valence-electron chi connectivity index (χ0n) is 12.3. The number of allylic oxidation sites excluding steroid dienone is 4. The topological polar surface area (TPSA) is 92.4 Å². The average molecular weight is 308 g/mol. The maximum Gasteiger partial charge on any atom is 0.306 e. The van der Waals surface area contributed by atoms with Gasteiger partial charge in [0, 0.05) is 12.1 Å². The van der Waals surface area contributed by atoms with Gasteiger partial charge in [-0.05, 0) is 38.3 Å². The van der Waals surface area contributed by atoms with Crippen molar-refractivity contribution in [3.05, 3.63) is 35.5 Å². The lowest BCUT2D eigenvalue weighted by atomic mass is 9.80. The Morgan fingerprint density at radius 2 is 2.09 bits per heavy atom. The summed E-state index contributed by atoms with van der Waals surface area (Å²) in [5.41, 5.74) is 1.11. The van der Waals surface area contributed by atoms with Gasteiger partial charge >= 0.3 is 5.97 Å². The van der Waals surface area contributed by atoms with Crippen LogP contribution in [0.4, 0.5) is 4.39 Å². The second-order valence-electron chi connectivity index (χ2n) is 5.36. The summed E-state index contributed by atoms with van der Waals surface area (Å²) in [4.78, 5) is 22.6. The van der Waals surface area contributed by atoms with Crippen LogP contribution >= 0.6 is 0 Å². The molecule has 0 bridgehead atoms. The number of hydrogen-bond acceptors (Lipinski definition) is 4. The summed E-state index contributed by atoms with van der Waals surface area (Å²) >= 11 is 0. The van der Waals surface area contributed by atoms with Gasteiger partial charge in [0.05, 0.1) is 11.7 Å². The minimum Gasteiger partial charge on any atom is -0.481 e. The van der Waals surface area contributed by atoms with E-state index in [1.54, 1.807) is 6.92 Å². The van der Waals surface area contributed by atoms with Crippen LogP contribution in [-0.4, -0.2) is 28.2 Å². The number of nitrogens with one attached hydrogen (secondary N) is 1. The molecule has 0 atom stereocenters. The second kappa shape index (κ2) is 6.55. The highest BCUT2D eigenvalue weighted by molar-refractivity contribution is 5.92. The molecule has 22 heavy (non-hydrogen) atoms. The summed E-state index contributed by atoms with van der Waals surface area (Å²) in [6.45, 7) is 3.05. The number of aliphatic carboxylic acids is 1. The predicted molar refractivity (Wildman–Crippen MR) is 76.6 cm³/mol. The molecule has 1 aromatic heterocycles. The van der Waals surface area contributed by atoms with Crippen LogP contribution in [0.25, 0.3) is 5.57 Å². The largest absolute Gasteiger partial charge is 0.481 e. The zero-order chi connectivity index (χ0) is 16.3. The quantitative estimate of drug-likeness (QED) is 0.815. The Labute approximate surface area is 126 Å². The maximum atomic E-state index is 12.7. The third kappa shape index (κ3) is 3.81. The molecule has 0 saturated heterocycles. The van der Waals surface area contributed by atoms with Crippen molar-refractivity contribution >= 4 is 17.4 Å². The van der Waals surface area contributed by atoms with Crippen LogP contribution in [0.15, 0.2) is 28.6 Å². The van der Waals surface area contributed by atoms with Crippen molar-refractivity contribution in [2.24, 2.45) is 5.92 Å². The minimum atomic E-state index is -0.843. The molecule has 2 rings (SSSR count). The Hall–Kier alpha value is -2.44. The van der Waals surface area contributed by atoms with Crippen molar-refractivity contribution in [1.82, 2.24) is 10.5 Å². The van der Waals surface area contributed by atoms with Crippen molar-refractivity contribution in [2.45, 2.75) is 32.7 Å². The molecule has 1 fully saturated rings. The first-order valence-corrected chi connectivity index (χ1v) is 6.88. The Morgan fingerprint density at radius 1 is 1.41 bits per heavy atom. The third-order valence-corrected chi connectivity index (χ3v) is 3.52. The van der Waals surface area contributed by atoms with Gasteiger partial charge in [-0.1, -0.05) is 11.2 Å². The number of nitrogens with zero attached hydrogens (tertiary/aromatic N) is 1. The van der Waals surface area contributed by atoms with Gasteiger partial charge in [0.25, 0.3) is 5.91 Å². The molecule has 118 valence electrons. The number of carboxylic acids is 1. The van der Waals surface area contributed by atoms with Crippen LogP contribution in [0, 0.1) is 5.92 Å². The Morgan fingerprint density at radius 3 is 2.68 bits per heavy atom. The molecule has 1 heterocycles. The first-order chi connectivity index (χ1) is 10.4. The molecule has 0 unspecified atom stereocenters. The standard InChI is InChI=1S/C15H17FN2O4/c1-8(3-4-9(2)16)12-7-13(22-18-12)14(19)17-11-5-10(6-11)15(20)21/h3-4,7,10-11H,5-6H2,1-2H3,(H,17,19)(H,20,21)/b8-3+,9-4+. The van der Waals surface area contributed by atoms with Gasteiger partial charge in [0.1, 0.15) is 5.69 Å². The summed E-state index contributed by atoms with van der Waals surface area (Å²) in [7, 11) is 0. The van der Waals surface area contributed by atoms with Crippen molar-refractivity contribution in [1.29, 1.82) is 0 Å². The fraction of sp³-hybridized carbons (Fsp3) is 0.400. The summed E-state index contributed by atoms with van der Waals surface area (Å²) in [6, 6.07) is 1.31. The Kier molecular flexibility index (Phi) is 4.75. The highest BCUT2D eigenvalue weighted by Crippen LogP contribution is 2.27. The SMILES string of the molecule is C/C(F)=C\C=C(/C)c1cc(C(=O)NC2CC(C(=O)O)C2)on1. The average Bonchev–Trinajstić information content (AvgIpc) is 2.88. The second-order valence-corrected chi connectivity index (χ2v) is 5.36. The van der Waals surface area contributed by atoms with E-state index in [0.29, 0.717) is 24.1 Å². The van der Waals surface area contributed by atoms with Crippen LogP contribution in [-0.2, 0) is 4.79 Å². The smallest absolute Gasteiger partial charge is 0.306 e.